The third-order valence-corrected chi connectivity index (χ3v) is 4.88. The number of ether oxygens (including phenoxy) is 1. The Balaban J connectivity index is 1.80. The summed E-state index contributed by atoms with van der Waals surface area (Å²) >= 11 is 0. The predicted octanol–water partition coefficient (Wildman–Crippen LogP) is 3.50. The Labute approximate surface area is 107 Å². The largest absolute Gasteiger partial charge is 0.375 e. The lowest BCUT2D eigenvalue weighted by Crippen LogP contribution is -2.45. The van der Waals surface area contributed by atoms with E-state index in [1.54, 1.807) is 0 Å². The molecule has 17 heavy (non-hydrogen) atoms. The minimum absolute atomic E-state index is 0.428. The van der Waals surface area contributed by atoms with Crippen molar-refractivity contribution in [3.05, 3.63) is 0 Å². The van der Waals surface area contributed by atoms with Crippen LogP contribution in [0.25, 0.3) is 0 Å². The van der Waals surface area contributed by atoms with Crippen LogP contribution in [0.1, 0.15) is 65.7 Å². The van der Waals surface area contributed by atoms with Gasteiger partial charge in [-0.2, -0.15) is 0 Å². The van der Waals surface area contributed by atoms with E-state index in [4.69, 9.17) is 4.74 Å². The van der Waals surface area contributed by atoms with Gasteiger partial charge in [-0.25, -0.2) is 0 Å². The summed E-state index contributed by atoms with van der Waals surface area (Å²) in [5.41, 5.74) is 0.616. The molecule has 0 radical (unpaired) electrons. The van der Waals surface area contributed by atoms with Crippen LogP contribution in [-0.2, 0) is 4.74 Å². The summed E-state index contributed by atoms with van der Waals surface area (Å²) in [5, 5.41) is 3.84. The van der Waals surface area contributed by atoms with Crippen molar-refractivity contribution in [1.29, 1.82) is 0 Å². The van der Waals surface area contributed by atoms with Crippen molar-refractivity contribution < 1.29 is 4.74 Å². The lowest BCUT2D eigenvalue weighted by Gasteiger charge is -2.36. The zero-order chi connectivity index (χ0) is 12.3. The van der Waals surface area contributed by atoms with Crippen LogP contribution in [0.15, 0.2) is 0 Å². The number of nitrogens with one attached hydrogen (secondary N) is 1. The zero-order valence-electron chi connectivity index (χ0n) is 11.8. The van der Waals surface area contributed by atoms with Gasteiger partial charge in [0.2, 0.25) is 0 Å². The molecule has 0 aromatic heterocycles. The van der Waals surface area contributed by atoms with E-state index in [1.165, 1.54) is 51.5 Å². The van der Waals surface area contributed by atoms with Crippen LogP contribution in [0.4, 0.5) is 0 Å². The van der Waals surface area contributed by atoms with Gasteiger partial charge in [-0.05, 0) is 51.4 Å². The van der Waals surface area contributed by atoms with Gasteiger partial charge in [-0.3, -0.25) is 0 Å². The normalized spacial score (nSPS) is 37.2. The van der Waals surface area contributed by atoms with E-state index in [0.29, 0.717) is 23.7 Å². The fourth-order valence-electron chi connectivity index (χ4n) is 3.71. The first kappa shape index (κ1) is 13.4. The molecular weight excluding hydrogens is 210 g/mol. The first-order valence-electron chi connectivity index (χ1n) is 7.52. The van der Waals surface area contributed by atoms with E-state index in [1.807, 2.05) is 0 Å². The first-order valence-corrected chi connectivity index (χ1v) is 7.52. The fraction of sp³-hybridized carbons (Fsp3) is 1.00. The van der Waals surface area contributed by atoms with Gasteiger partial charge in [0, 0.05) is 12.6 Å². The van der Waals surface area contributed by atoms with Gasteiger partial charge in [-0.1, -0.05) is 19.8 Å². The second kappa shape index (κ2) is 5.71. The lowest BCUT2D eigenvalue weighted by atomic mass is 9.83. The maximum atomic E-state index is 5.80. The van der Waals surface area contributed by atoms with Crippen molar-refractivity contribution in [2.24, 2.45) is 5.41 Å². The van der Waals surface area contributed by atoms with Gasteiger partial charge in [0.15, 0.2) is 0 Å². The van der Waals surface area contributed by atoms with Crippen LogP contribution in [-0.4, -0.2) is 24.8 Å². The average Bonchev–Trinajstić information content (AvgIpc) is 2.74. The highest BCUT2D eigenvalue weighted by molar-refractivity contribution is 4.88. The molecule has 1 N–H and O–H groups in total. The molecule has 1 aliphatic carbocycles. The van der Waals surface area contributed by atoms with Crippen molar-refractivity contribution >= 4 is 0 Å². The Morgan fingerprint density at radius 2 is 1.71 bits per heavy atom. The molecule has 2 fully saturated rings. The Kier molecular flexibility index (Phi) is 4.48. The Morgan fingerprint density at radius 3 is 2.24 bits per heavy atom. The van der Waals surface area contributed by atoms with Gasteiger partial charge in [0.1, 0.15) is 0 Å². The van der Waals surface area contributed by atoms with Crippen molar-refractivity contribution in [3.8, 4) is 0 Å². The van der Waals surface area contributed by atoms with Gasteiger partial charge >= 0.3 is 0 Å². The standard InChI is InChI=1S/C15H29NO/c1-4-15(7-5-6-8-15)11-16-14-9-12(2)17-13(3)10-14/h12-14,16H,4-11H2,1-3H3. The van der Waals surface area contributed by atoms with Crippen LogP contribution >= 0.6 is 0 Å². The second-order valence-corrected chi connectivity index (χ2v) is 6.37. The predicted molar refractivity (Wildman–Crippen MR) is 72.2 cm³/mol. The minimum Gasteiger partial charge on any atom is -0.375 e. The molecule has 0 amide bonds. The Bertz CT molecular complexity index is 225. The second-order valence-electron chi connectivity index (χ2n) is 6.37. The van der Waals surface area contributed by atoms with E-state index >= 15 is 0 Å². The number of hydrogen-bond acceptors (Lipinski definition) is 2. The van der Waals surface area contributed by atoms with Crippen LogP contribution in [0.3, 0.4) is 0 Å². The monoisotopic (exact) mass is 239 g/mol. The highest BCUT2D eigenvalue weighted by atomic mass is 16.5. The molecule has 0 bridgehead atoms. The summed E-state index contributed by atoms with van der Waals surface area (Å²) in [5.74, 6) is 0. The van der Waals surface area contributed by atoms with Crippen LogP contribution in [0, 0.1) is 5.41 Å². The summed E-state index contributed by atoms with van der Waals surface area (Å²) in [6.45, 7) is 8.00. The van der Waals surface area contributed by atoms with E-state index in [-0.39, 0.29) is 0 Å². The van der Waals surface area contributed by atoms with Crippen LogP contribution < -0.4 is 5.32 Å². The molecule has 0 aromatic carbocycles. The third kappa shape index (κ3) is 3.45. The molecule has 1 saturated heterocycles. The van der Waals surface area contributed by atoms with Crippen molar-refractivity contribution in [2.75, 3.05) is 6.54 Å². The summed E-state index contributed by atoms with van der Waals surface area (Å²) in [4.78, 5) is 0. The Hall–Kier alpha value is -0.0800. The van der Waals surface area contributed by atoms with E-state index in [9.17, 15) is 0 Å². The maximum Gasteiger partial charge on any atom is 0.0565 e. The summed E-state index contributed by atoms with van der Waals surface area (Å²) in [6, 6.07) is 0.678. The zero-order valence-corrected chi connectivity index (χ0v) is 11.8. The van der Waals surface area contributed by atoms with Crippen LogP contribution in [0.2, 0.25) is 0 Å². The molecular formula is C15H29NO. The number of hydrogen-bond donors (Lipinski definition) is 1. The molecule has 100 valence electrons. The topological polar surface area (TPSA) is 21.3 Å². The van der Waals surface area contributed by atoms with Gasteiger partial charge in [0.05, 0.1) is 12.2 Å². The molecule has 1 aliphatic heterocycles. The molecule has 2 aliphatic rings. The third-order valence-electron chi connectivity index (χ3n) is 4.88. The quantitative estimate of drug-likeness (QED) is 0.810. The van der Waals surface area contributed by atoms with Crippen LogP contribution in [0.5, 0.6) is 0 Å². The average molecular weight is 239 g/mol. The van der Waals surface area contributed by atoms with E-state index < -0.39 is 0 Å². The van der Waals surface area contributed by atoms with Gasteiger partial charge in [0.25, 0.3) is 0 Å². The molecule has 2 unspecified atom stereocenters. The van der Waals surface area contributed by atoms with E-state index in [0.717, 1.165) is 0 Å². The molecule has 2 heteroatoms. The molecule has 0 aromatic rings. The molecule has 1 saturated carbocycles. The summed E-state index contributed by atoms with van der Waals surface area (Å²) in [6.07, 6.45) is 10.3. The van der Waals surface area contributed by atoms with E-state index in [2.05, 4.69) is 26.1 Å². The molecule has 1 heterocycles. The van der Waals surface area contributed by atoms with Gasteiger partial charge < -0.3 is 10.1 Å². The highest BCUT2D eigenvalue weighted by Gasteiger charge is 2.33. The molecule has 2 rings (SSSR count). The molecule has 2 nitrogen and oxygen atoms in total. The first-order chi connectivity index (χ1) is 8.13. The van der Waals surface area contributed by atoms with Crippen molar-refractivity contribution in [2.45, 2.75) is 84.0 Å². The fourth-order valence-corrected chi connectivity index (χ4v) is 3.71. The number of rotatable bonds is 4. The summed E-state index contributed by atoms with van der Waals surface area (Å²) < 4.78 is 5.80. The highest BCUT2D eigenvalue weighted by Crippen LogP contribution is 2.40. The molecule has 0 spiro atoms. The SMILES string of the molecule is CCC1(CNC2CC(C)OC(C)C2)CCCC1. The van der Waals surface area contributed by atoms with Crippen molar-refractivity contribution in [1.82, 2.24) is 5.32 Å². The van der Waals surface area contributed by atoms with Crippen molar-refractivity contribution in [3.63, 3.8) is 0 Å². The minimum atomic E-state index is 0.428. The smallest absolute Gasteiger partial charge is 0.0565 e. The van der Waals surface area contributed by atoms with Gasteiger partial charge in [-0.15, -0.1) is 0 Å². The Morgan fingerprint density at radius 1 is 1.12 bits per heavy atom. The summed E-state index contributed by atoms with van der Waals surface area (Å²) in [7, 11) is 0. The maximum absolute atomic E-state index is 5.80. The molecule has 2 atom stereocenters. The lowest BCUT2D eigenvalue weighted by molar-refractivity contribution is -0.0434.